The first-order chi connectivity index (χ1) is 11.7. The quantitative estimate of drug-likeness (QED) is 0.875. The van der Waals surface area contributed by atoms with Crippen molar-refractivity contribution in [1.29, 1.82) is 0 Å². The van der Waals surface area contributed by atoms with E-state index in [1.165, 1.54) is 4.68 Å². The average Bonchev–Trinajstić information content (AvgIpc) is 3.27. The monoisotopic (exact) mass is 351 g/mol. The smallest absolute Gasteiger partial charge is 0.324 e. The van der Waals surface area contributed by atoms with E-state index in [4.69, 9.17) is 0 Å². The van der Waals surface area contributed by atoms with Crippen molar-refractivity contribution in [3.63, 3.8) is 0 Å². The van der Waals surface area contributed by atoms with Gasteiger partial charge >= 0.3 is 6.18 Å². The Bertz CT molecular complexity index is 806. The van der Waals surface area contributed by atoms with Gasteiger partial charge in [-0.15, -0.1) is 0 Å². The molecule has 0 radical (unpaired) electrons. The van der Waals surface area contributed by atoms with Crippen LogP contribution in [-0.4, -0.2) is 15.7 Å². The van der Waals surface area contributed by atoms with Crippen LogP contribution < -0.4 is 5.32 Å². The second-order valence-corrected chi connectivity index (χ2v) is 6.65. The fourth-order valence-electron chi connectivity index (χ4n) is 2.76. The lowest BCUT2D eigenvalue weighted by atomic mass is 10.1. The summed E-state index contributed by atoms with van der Waals surface area (Å²) in [5.41, 5.74) is 2.08. The lowest BCUT2D eigenvalue weighted by molar-refractivity contribution is -0.141. The van der Waals surface area contributed by atoms with E-state index in [-0.39, 0.29) is 11.8 Å². The van der Waals surface area contributed by atoms with Crippen LogP contribution in [0.2, 0.25) is 0 Å². The van der Waals surface area contributed by atoms with E-state index in [2.05, 4.69) is 10.4 Å². The number of aromatic nitrogens is 2. The molecule has 1 N–H and O–H groups in total. The van der Waals surface area contributed by atoms with Gasteiger partial charge in [-0.25, -0.2) is 0 Å². The number of halogens is 3. The minimum Gasteiger partial charge on any atom is -0.324 e. The number of carbonyl (C=O) groups excluding carboxylic acids is 1. The van der Waals surface area contributed by atoms with Gasteiger partial charge in [-0.2, -0.15) is 18.3 Å². The maximum absolute atomic E-state index is 13.0. The summed E-state index contributed by atoms with van der Waals surface area (Å²) in [6, 6.07) is 5.90. The topological polar surface area (TPSA) is 46.9 Å². The zero-order chi connectivity index (χ0) is 18.4. The molecular weight excluding hydrogens is 331 g/mol. The fourth-order valence-corrected chi connectivity index (χ4v) is 2.76. The molecule has 1 fully saturated rings. The van der Waals surface area contributed by atoms with Crippen LogP contribution in [0, 0.1) is 13.8 Å². The summed E-state index contributed by atoms with van der Waals surface area (Å²) in [6.45, 7) is 5.34. The van der Waals surface area contributed by atoms with Crippen LogP contribution in [-0.2, 0) is 11.0 Å². The summed E-state index contributed by atoms with van der Waals surface area (Å²) in [5, 5.41) is 6.48. The number of hydrogen-bond donors (Lipinski definition) is 1. The van der Waals surface area contributed by atoms with Crippen molar-refractivity contribution < 1.29 is 18.0 Å². The number of aryl methyl sites for hydroxylation is 2. The van der Waals surface area contributed by atoms with Crippen LogP contribution in [0.1, 0.15) is 54.2 Å². The Labute approximate surface area is 144 Å². The van der Waals surface area contributed by atoms with Crippen molar-refractivity contribution in [3.8, 4) is 0 Å². The normalized spacial score (nSPS) is 15.9. The lowest BCUT2D eigenvalue weighted by Crippen LogP contribution is -2.26. The highest BCUT2D eigenvalue weighted by atomic mass is 19.4. The maximum Gasteiger partial charge on any atom is 0.435 e. The Kier molecular flexibility index (Phi) is 4.34. The Morgan fingerprint density at radius 1 is 1.28 bits per heavy atom. The molecule has 0 aliphatic heterocycles. The number of carbonyl (C=O) groups is 1. The van der Waals surface area contributed by atoms with Crippen molar-refractivity contribution in [2.45, 2.75) is 51.7 Å². The number of benzene rings is 1. The highest BCUT2D eigenvalue weighted by Crippen LogP contribution is 2.43. The summed E-state index contributed by atoms with van der Waals surface area (Å²) >= 11 is 0. The molecule has 1 unspecified atom stereocenters. The van der Waals surface area contributed by atoms with Gasteiger partial charge in [-0.3, -0.25) is 9.48 Å². The number of nitrogens with zero attached hydrogens (tertiary/aromatic N) is 2. The second-order valence-electron chi connectivity index (χ2n) is 6.65. The first kappa shape index (κ1) is 17.5. The zero-order valence-corrected chi connectivity index (χ0v) is 14.3. The van der Waals surface area contributed by atoms with Crippen molar-refractivity contribution in [2.75, 3.05) is 5.32 Å². The highest BCUT2D eigenvalue weighted by Gasteiger charge is 2.39. The largest absolute Gasteiger partial charge is 0.435 e. The average molecular weight is 351 g/mol. The van der Waals surface area contributed by atoms with Crippen LogP contribution in [0.3, 0.4) is 0 Å². The van der Waals surface area contributed by atoms with Crippen molar-refractivity contribution in [1.82, 2.24) is 9.78 Å². The molecule has 3 rings (SSSR count). The summed E-state index contributed by atoms with van der Waals surface area (Å²) < 4.78 is 40.2. The molecule has 1 heterocycles. The van der Waals surface area contributed by atoms with Crippen LogP contribution >= 0.6 is 0 Å². The molecule has 0 spiro atoms. The third-order valence-corrected chi connectivity index (χ3v) is 4.45. The van der Waals surface area contributed by atoms with Gasteiger partial charge in [-0.05, 0) is 56.9 Å². The van der Waals surface area contributed by atoms with E-state index < -0.39 is 17.9 Å². The molecule has 0 saturated heterocycles. The fraction of sp³-hybridized carbons (Fsp3) is 0.444. The minimum atomic E-state index is -4.52. The first-order valence-electron chi connectivity index (χ1n) is 8.21. The van der Waals surface area contributed by atoms with E-state index in [0.29, 0.717) is 11.4 Å². The van der Waals surface area contributed by atoms with Crippen molar-refractivity contribution in [2.24, 2.45) is 0 Å². The number of amides is 1. The van der Waals surface area contributed by atoms with Gasteiger partial charge in [0.15, 0.2) is 5.69 Å². The number of alkyl halides is 3. The number of nitrogens with one attached hydrogen (secondary N) is 1. The Morgan fingerprint density at radius 3 is 2.56 bits per heavy atom. The van der Waals surface area contributed by atoms with Gasteiger partial charge in [0, 0.05) is 17.3 Å². The lowest BCUT2D eigenvalue weighted by Gasteiger charge is -2.17. The van der Waals surface area contributed by atoms with Crippen LogP contribution in [0.15, 0.2) is 24.3 Å². The predicted octanol–water partition coefficient (Wildman–Crippen LogP) is 4.60. The van der Waals surface area contributed by atoms with E-state index in [1.54, 1.807) is 6.92 Å². The van der Waals surface area contributed by atoms with Crippen molar-refractivity contribution >= 4 is 11.6 Å². The molecule has 1 aliphatic rings. The number of hydrogen-bond acceptors (Lipinski definition) is 2. The standard InChI is InChI=1S/C18H20F3N3O/c1-10-4-5-11(2)14(8-10)22-17(25)12(3)24-15(13-6-7-13)9-16(23-24)18(19,20)21/h4-5,8-9,12-13H,6-7H2,1-3H3,(H,22,25). The highest BCUT2D eigenvalue weighted by molar-refractivity contribution is 5.94. The number of rotatable bonds is 4. The van der Waals surface area contributed by atoms with Gasteiger partial charge < -0.3 is 5.32 Å². The predicted molar refractivity (Wildman–Crippen MR) is 88.5 cm³/mol. The maximum atomic E-state index is 13.0. The van der Waals surface area contributed by atoms with Crippen LogP contribution in [0.25, 0.3) is 0 Å². The molecule has 1 aliphatic carbocycles. The van der Waals surface area contributed by atoms with Gasteiger partial charge in [-0.1, -0.05) is 12.1 Å². The molecule has 4 nitrogen and oxygen atoms in total. The Balaban J connectivity index is 1.87. The van der Waals surface area contributed by atoms with E-state index in [0.717, 1.165) is 30.0 Å². The van der Waals surface area contributed by atoms with E-state index in [9.17, 15) is 18.0 Å². The Hall–Kier alpha value is -2.31. The summed E-state index contributed by atoms with van der Waals surface area (Å²) in [4.78, 5) is 12.6. The van der Waals surface area contributed by atoms with Gasteiger partial charge in [0.25, 0.3) is 0 Å². The minimum absolute atomic E-state index is 0.0551. The summed E-state index contributed by atoms with van der Waals surface area (Å²) in [7, 11) is 0. The van der Waals surface area contributed by atoms with Crippen molar-refractivity contribution in [3.05, 3.63) is 46.8 Å². The molecule has 134 valence electrons. The molecule has 1 aromatic carbocycles. The molecular formula is C18H20F3N3O. The molecule has 1 atom stereocenters. The van der Waals surface area contributed by atoms with E-state index >= 15 is 0 Å². The third kappa shape index (κ3) is 3.70. The second kappa shape index (κ2) is 6.20. The summed E-state index contributed by atoms with van der Waals surface area (Å²) in [6.07, 6.45) is -2.86. The SMILES string of the molecule is Cc1ccc(C)c(NC(=O)C(C)n2nc(C(F)(F)F)cc2C2CC2)c1. The zero-order valence-electron chi connectivity index (χ0n) is 14.3. The molecule has 1 saturated carbocycles. The molecule has 1 aromatic heterocycles. The molecule has 0 bridgehead atoms. The van der Waals surface area contributed by atoms with E-state index in [1.807, 2.05) is 32.0 Å². The Morgan fingerprint density at radius 2 is 1.96 bits per heavy atom. The van der Waals surface area contributed by atoms with Crippen LogP contribution in [0.4, 0.5) is 18.9 Å². The molecule has 7 heteroatoms. The first-order valence-corrected chi connectivity index (χ1v) is 8.21. The molecule has 2 aromatic rings. The van der Waals surface area contributed by atoms with Gasteiger partial charge in [0.05, 0.1) is 0 Å². The van der Waals surface area contributed by atoms with Gasteiger partial charge in [0.2, 0.25) is 5.91 Å². The van der Waals surface area contributed by atoms with Gasteiger partial charge in [0.1, 0.15) is 6.04 Å². The summed E-state index contributed by atoms with van der Waals surface area (Å²) in [5.74, 6) is -0.327. The number of anilines is 1. The third-order valence-electron chi connectivity index (χ3n) is 4.45. The van der Waals surface area contributed by atoms with Crippen LogP contribution in [0.5, 0.6) is 0 Å². The molecule has 25 heavy (non-hydrogen) atoms. The molecule has 1 amide bonds.